The van der Waals surface area contributed by atoms with E-state index >= 15 is 0 Å². The predicted octanol–water partition coefficient (Wildman–Crippen LogP) is 3.33. The van der Waals surface area contributed by atoms with E-state index < -0.39 is 0 Å². The summed E-state index contributed by atoms with van der Waals surface area (Å²) < 4.78 is 1.10. The van der Waals surface area contributed by atoms with Crippen LogP contribution >= 0.6 is 15.9 Å². The monoisotopic (exact) mass is 264 g/mol. The Kier molecular flexibility index (Phi) is 3.27. The molecule has 0 saturated carbocycles. The molecule has 1 atom stereocenters. The summed E-state index contributed by atoms with van der Waals surface area (Å²) in [7, 11) is 0. The molecule has 0 amide bonds. The van der Waals surface area contributed by atoms with Gasteiger partial charge in [0.1, 0.15) is 0 Å². The third-order valence-electron chi connectivity index (χ3n) is 2.86. The van der Waals surface area contributed by atoms with Crippen LogP contribution in [0.25, 0.3) is 0 Å². The standard InChI is InChI=1S/C12H13BrN2/c13-10-3-5-12(6-4-10)15-9-1-2-11(15)7-8-14/h3-6,11H,1-2,7,9H2. The van der Waals surface area contributed by atoms with E-state index in [2.05, 4.69) is 51.2 Å². The molecule has 1 aliphatic heterocycles. The SMILES string of the molecule is N#CCC1CCCN1c1ccc(Br)cc1. The number of rotatable bonds is 2. The predicted molar refractivity (Wildman–Crippen MR) is 64.7 cm³/mol. The first-order chi connectivity index (χ1) is 7.31. The molecule has 0 N–H and O–H groups in total. The summed E-state index contributed by atoms with van der Waals surface area (Å²) in [4.78, 5) is 2.34. The van der Waals surface area contributed by atoms with Gasteiger partial charge < -0.3 is 4.90 Å². The van der Waals surface area contributed by atoms with Crippen molar-refractivity contribution in [3.8, 4) is 6.07 Å². The molecule has 1 saturated heterocycles. The molecule has 1 fully saturated rings. The summed E-state index contributed by atoms with van der Waals surface area (Å²) in [5, 5.41) is 8.75. The Morgan fingerprint density at radius 3 is 2.80 bits per heavy atom. The first-order valence-electron chi connectivity index (χ1n) is 5.20. The number of benzene rings is 1. The molecule has 1 heterocycles. The Bertz CT molecular complexity index is 366. The largest absolute Gasteiger partial charge is 0.368 e. The Morgan fingerprint density at radius 1 is 1.40 bits per heavy atom. The van der Waals surface area contributed by atoms with Crippen LogP contribution in [0, 0.1) is 11.3 Å². The van der Waals surface area contributed by atoms with E-state index in [1.54, 1.807) is 0 Å². The minimum Gasteiger partial charge on any atom is -0.368 e. The van der Waals surface area contributed by atoms with E-state index in [9.17, 15) is 0 Å². The van der Waals surface area contributed by atoms with Crippen LogP contribution in [0.3, 0.4) is 0 Å². The van der Waals surface area contributed by atoms with E-state index in [0.29, 0.717) is 12.5 Å². The maximum absolute atomic E-state index is 8.75. The quantitative estimate of drug-likeness (QED) is 0.820. The first-order valence-corrected chi connectivity index (χ1v) is 6.00. The van der Waals surface area contributed by atoms with Gasteiger partial charge in [-0.15, -0.1) is 0 Å². The minimum absolute atomic E-state index is 0.413. The zero-order chi connectivity index (χ0) is 10.7. The van der Waals surface area contributed by atoms with Crippen LogP contribution in [0.1, 0.15) is 19.3 Å². The van der Waals surface area contributed by atoms with E-state index in [0.717, 1.165) is 17.4 Å². The number of nitriles is 1. The van der Waals surface area contributed by atoms with E-state index in [1.807, 2.05) is 0 Å². The van der Waals surface area contributed by atoms with Crippen molar-refractivity contribution in [1.82, 2.24) is 0 Å². The second-order valence-corrected chi connectivity index (χ2v) is 4.74. The van der Waals surface area contributed by atoms with Crippen molar-refractivity contribution in [2.45, 2.75) is 25.3 Å². The molecule has 78 valence electrons. The molecule has 2 nitrogen and oxygen atoms in total. The molecule has 2 rings (SSSR count). The van der Waals surface area contributed by atoms with Crippen molar-refractivity contribution < 1.29 is 0 Å². The minimum atomic E-state index is 0.413. The van der Waals surface area contributed by atoms with Gasteiger partial charge in [-0.1, -0.05) is 15.9 Å². The molecule has 0 spiro atoms. The van der Waals surface area contributed by atoms with Crippen molar-refractivity contribution >= 4 is 21.6 Å². The number of anilines is 1. The zero-order valence-electron chi connectivity index (χ0n) is 8.49. The topological polar surface area (TPSA) is 27.0 Å². The molecule has 0 radical (unpaired) electrons. The fraction of sp³-hybridized carbons (Fsp3) is 0.417. The van der Waals surface area contributed by atoms with Gasteiger partial charge in [0.15, 0.2) is 0 Å². The summed E-state index contributed by atoms with van der Waals surface area (Å²) in [5.74, 6) is 0. The number of nitrogens with zero attached hydrogens (tertiary/aromatic N) is 2. The summed E-state index contributed by atoms with van der Waals surface area (Å²) in [5.41, 5.74) is 1.23. The zero-order valence-corrected chi connectivity index (χ0v) is 10.1. The second kappa shape index (κ2) is 4.67. The van der Waals surface area contributed by atoms with Crippen molar-refractivity contribution in [3.63, 3.8) is 0 Å². The molecule has 1 aliphatic rings. The van der Waals surface area contributed by atoms with Gasteiger partial charge in [-0.2, -0.15) is 5.26 Å². The molecule has 3 heteroatoms. The lowest BCUT2D eigenvalue weighted by Gasteiger charge is -2.25. The average molecular weight is 265 g/mol. The fourth-order valence-corrected chi connectivity index (χ4v) is 2.39. The molecule has 15 heavy (non-hydrogen) atoms. The highest BCUT2D eigenvalue weighted by atomic mass is 79.9. The molecule has 1 aromatic carbocycles. The third kappa shape index (κ3) is 2.32. The fourth-order valence-electron chi connectivity index (χ4n) is 2.13. The number of hydrogen-bond acceptors (Lipinski definition) is 2. The summed E-state index contributed by atoms with van der Waals surface area (Å²) in [6.45, 7) is 1.08. The van der Waals surface area contributed by atoms with E-state index in [4.69, 9.17) is 5.26 Å². The van der Waals surface area contributed by atoms with Crippen LogP contribution in [0.4, 0.5) is 5.69 Å². The highest BCUT2D eigenvalue weighted by molar-refractivity contribution is 9.10. The Hall–Kier alpha value is -1.01. The van der Waals surface area contributed by atoms with Crippen LogP contribution in [0.5, 0.6) is 0 Å². The highest BCUT2D eigenvalue weighted by Gasteiger charge is 2.24. The molecule has 1 unspecified atom stereocenters. The molecular formula is C12H13BrN2. The van der Waals surface area contributed by atoms with E-state index in [-0.39, 0.29) is 0 Å². The lowest BCUT2D eigenvalue weighted by molar-refractivity contribution is 0.683. The van der Waals surface area contributed by atoms with Gasteiger partial charge in [-0.05, 0) is 37.1 Å². The summed E-state index contributed by atoms with van der Waals surface area (Å²) in [6, 6.07) is 11.0. The lowest BCUT2D eigenvalue weighted by Crippen LogP contribution is -2.28. The Morgan fingerprint density at radius 2 is 2.13 bits per heavy atom. The van der Waals surface area contributed by atoms with Gasteiger partial charge >= 0.3 is 0 Å². The maximum Gasteiger partial charge on any atom is 0.0643 e. The summed E-state index contributed by atoms with van der Waals surface area (Å²) in [6.07, 6.45) is 2.97. The van der Waals surface area contributed by atoms with Gasteiger partial charge in [-0.3, -0.25) is 0 Å². The molecule has 0 aromatic heterocycles. The summed E-state index contributed by atoms with van der Waals surface area (Å²) >= 11 is 3.43. The maximum atomic E-state index is 8.75. The van der Waals surface area contributed by atoms with Crippen molar-refractivity contribution in [1.29, 1.82) is 5.26 Å². The molecule has 1 aromatic rings. The van der Waals surface area contributed by atoms with E-state index in [1.165, 1.54) is 12.1 Å². The molecule has 0 bridgehead atoms. The third-order valence-corrected chi connectivity index (χ3v) is 3.39. The Labute approximate surface area is 98.6 Å². The number of halogens is 1. The first kappa shape index (κ1) is 10.5. The van der Waals surface area contributed by atoms with Crippen LogP contribution in [0.15, 0.2) is 28.7 Å². The van der Waals surface area contributed by atoms with Crippen molar-refractivity contribution in [2.24, 2.45) is 0 Å². The van der Waals surface area contributed by atoms with Crippen LogP contribution in [-0.4, -0.2) is 12.6 Å². The van der Waals surface area contributed by atoms with Crippen molar-refractivity contribution in [3.05, 3.63) is 28.7 Å². The van der Waals surface area contributed by atoms with Gasteiger partial charge in [0.2, 0.25) is 0 Å². The molecule has 0 aliphatic carbocycles. The van der Waals surface area contributed by atoms with Crippen LogP contribution < -0.4 is 4.90 Å². The van der Waals surface area contributed by atoms with Crippen molar-refractivity contribution in [2.75, 3.05) is 11.4 Å². The molecular weight excluding hydrogens is 252 g/mol. The van der Waals surface area contributed by atoms with Gasteiger partial charge in [0.25, 0.3) is 0 Å². The smallest absolute Gasteiger partial charge is 0.0643 e. The lowest BCUT2D eigenvalue weighted by atomic mass is 10.1. The van der Waals surface area contributed by atoms with Crippen LogP contribution in [-0.2, 0) is 0 Å². The van der Waals surface area contributed by atoms with Gasteiger partial charge in [0, 0.05) is 22.7 Å². The second-order valence-electron chi connectivity index (χ2n) is 3.83. The van der Waals surface area contributed by atoms with Gasteiger partial charge in [0.05, 0.1) is 12.5 Å². The Balaban J connectivity index is 2.16. The average Bonchev–Trinajstić information content (AvgIpc) is 2.68. The normalized spacial score (nSPS) is 20.3. The number of hydrogen-bond donors (Lipinski definition) is 0. The van der Waals surface area contributed by atoms with Crippen LogP contribution in [0.2, 0.25) is 0 Å². The highest BCUT2D eigenvalue weighted by Crippen LogP contribution is 2.28. The van der Waals surface area contributed by atoms with Gasteiger partial charge in [-0.25, -0.2) is 0 Å².